The standard InChI is InChI=1S/C15H17N5O/c1-11-8-13(5-6-15(11)20-10-16-18-19-20)17-12(2)9-14-4-3-7-21-14/h3-8,10,12,17H,9H2,1-2H3. The fourth-order valence-corrected chi connectivity index (χ4v) is 2.34. The van der Waals surface area contributed by atoms with Crippen LogP contribution < -0.4 is 5.32 Å². The van der Waals surface area contributed by atoms with Crippen molar-refractivity contribution in [2.24, 2.45) is 0 Å². The molecule has 0 bridgehead atoms. The van der Waals surface area contributed by atoms with Gasteiger partial charge in [0.2, 0.25) is 0 Å². The molecule has 1 atom stereocenters. The van der Waals surface area contributed by atoms with Gasteiger partial charge < -0.3 is 9.73 Å². The van der Waals surface area contributed by atoms with Crippen LogP contribution in [0.5, 0.6) is 0 Å². The lowest BCUT2D eigenvalue weighted by Crippen LogP contribution is -2.17. The first-order chi connectivity index (χ1) is 10.2. The third-order valence-corrected chi connectivity index (χ3v) is 3.29. The molecule has 1 unspecified atom stereocenters. The van der Waals surface area contributed by atoms with E-state index in [2.05, 4.69) is 33.8 Å². The maximum absolute atomic E-state index is 5.37. The van der Waals surface area contributed by atoms with Gasteiger partial charge in [-0.2, -0.15) is 0 Å². The molecular formula is C15H17N5O. The molecule has 21 heavy (non-hydrogen) atoms. The molecule has 0 radical (unpaired) electrons. The number of aromatic nitrogens is 4. The Morgan fingerprint density at radius 3 is 2.90 bits per heavy atom. The topological polar surface area (TPSA) is 68.8 Å². The molecule has 1 aromatic carbocycles. The highest BCUT2D eigenvalue weighted by Crippen LogP contribution is 2.19. The number of hydrogen-bond donors (Lipinski definition) is 1. The highest BCUT2D eigenvalue weighted by molar-refractivity contribution is 5.53. The molecule has 2 aromatic heterocycles. The zero-order chi connectivity index (χ0) is 14.7. The molecule has 3 rings (SSSR count). The van der Waals surface area contributed by atoms with Crippen molar-refractivity contribution in [1.29, 1.82) is 0 Å². The van der Waals surface area contributed by atoms with E-state index in [1.165, 1.54) is 0 Å². The Labute approximate surface area is 122 Å². The zero-order valence-corrected chi connectivity index (χ0v) is 12.0. The third-order valence-electron chi connectivity index (χ3n) is 3.29. The molecule has 1 N–H and O–H groups in total. The largest absolute Gasteiger partial charge is 0.469 e. The monoisotopic (exact) mass is 283 g/mol. The van der Waals surface area contributed by atoms with Gasteiger partial charge in [-0.1, -0.05) is 0 Å². The Morgan fingerprint density at radius 2 is 2.24 bits per heavy atom. The minimum atomic E-state index is 0.287. The van der Waals surface area contributed by atoms with Gasteiger partial charge in [-0.05, 0) is 60.2 Å². The summed E-state index contributed by atoms with van der Waals surface area (Å²) in [6.45, 7) is 4.17. The number of nitrogens with zero attached hydrogens (tertiary/aromatic N) is 4. The zero-order valence-electron chi connectivity index (χ0n) is 12.0. The number of benzene rings is 1. The Morgan fingerprint density at radius 1 is 1.33 bits per heavy atom. The smallest absolute Gasteiger partial charge is 0.143 e. The molecular weight excluding hydrogens is 266 g/mol. The SMILES string of the molecule is Cc1cc(NC(C)Cc2ccco2)ccc1-n1cnnn1. The molecule has 3 aromatic rings. The Hall–Kier alpha value is -2.63. The summed E-state index contributed by atoms with van der Waals surface area (Å²) in [5.41, 5.74) is 3.16. The fraction of sp³-hybridized carbons (Fsp3) is 0.267. The first kappa shape index (κ1) is 13.4. The summed E-state index contributed by atoms with van der Waals surface area (Å²) in [7, 11) is 0. The fourth-order valence-electron chi connectivity index (χ4n) is 2.34. The van der Waals surface area contributed by atoms with Crippen molar-refractivity contribution in [3.05, 3.63) is 54.2 Å². The quantitative estimate of drug-likeness (QED) is 0.779. The van der Waals surface area contributed by atoms with Gasteiger partial charge in [-0.15, -0.1) is 5.10 Å². The van der Waals surface area contributed by atoms with E-state index >= 15 is 0 Å². The van der Waals surface area contributed by atoms with Crippen molar-refractivity contribution < 1.29 is 4.42 Å². The van der Waals surface area contributed by atoms with Crippen molar-refractivity contribution >= 4 is 5.69 Å². The lowest BCUT2D eigenvalue weighted by Gasteiger charge is -2.15. The lowest BCUT2D eigenvalue weighted by molar-refractivity contribution is 0.498. The summed E-state index contributed by atoms with van der Waals surface area (Å²) in [4.78, 5) is 0. The van der Waals surface area contributed by atoms with Gasteiger partial charge in [0.1, 0.15) is 12.1 Å². The predicted octanol–water partition coefficient (Wildman–Crippen LogP) is 2.61. The number of nitrogens with one attached hydrogen (secondary N) is 1. The van der Waals surface area contributed by atoms with Crippen LogP contribution in [0, 0.1) is 6.92 Å². The second kappa shape index (κ2) is 5.78. The minimum Gasteiger partial charge on any atom is -0.469 e. The molecule has 0 aliphatic carbocycles. The van der Waals surface area contributed by atoms with Crippen molar-refractivity contribution in [3.8, 4) is 5.69 Å². The van der Waals surface area contributed by atoms with Crippen molar-refractivity contribution in [2.45, 2.75) is 26.3 Å². The molecule has 0 aliphatic heterocycles. The molecule has 0 spiro atoms. The number of tetrazole rings is 1. The number of anilines is 1. The molecule has 0 saturated carbocycles. The van der Waals surface area contributed by atoms with E-state index in [1.807, 2.05) is 31.2 Å². The average Bonchev–Trinajstić information content (AvgIpc) is 3.11. The summed E-state index contributed by atoms with van der Waals surface area (Å²) in [6.07, 6.45) is 4.14. The van der Waals surface area contributed by atoms with Crippen molar-refractivity contribution in [2.75, 3.05) is 5.32 Å². The van der Waals surface area contributed by atoms with Crippen LogP contribution in [-0.2, 0) is 6.42 Å². The maximum Gasteiger partial charge on any atom is 0.143 e. The highest BCUT2D eigenvalue weighted by atomic mass is 16.3. The molecule has 108 valence electrons. The Balaban J connectivity index is 1.70. The van der Waals surface area contributed by atoms with E-state index in [4.69, 9.17) is 4.42 Å². The summed E-state index contributed by atoms with van der Waals surface area (Å²) in [5.74, 6) is 0.983. The predicted molar refractivity (Wildman–Crippen MR) is 79.4 cm³/mol. The molecule has 6 heteroatoms. The van der Waals surface area contributed by atoms with E-state index in [9.17, 15) is 0 Å². The van der Waals surface area contributed by atoms with Gasteiger partial charge in [0.15, 0.2) is 0 Å². The van der Waals surface area contributed by atoms with Gasteiger partial charge in [0.25, 0.3) is 0 Å². The average molecular weight is 283 g/mol. The number of furan rings is 1. The third kappa shape index (κ3) is 3.10. The van der Waals surface area contributed by atoms with Crippen LogP contribution >= 0.6 is 0 Å². The van der Waals surface area contributed by atoms with Crippen LogP contribution in [0.15, 0.2) is 47.3 Å². The van der Waals surface area contributed by atoms with Crippen LogP contribution in [0.2, 0.25) is 0 Å². The number of hydrogen-bond acceptors (Lipinski definition) is 5. The van der Waals surface area contributed by atoms with Crippen LogP contribution in [0.1, 0.15) is 18.2 Å². The normalized spacial score (nSPS) is 12.3. The van der Waals surface area contributed by atoms with E-state index in [1.54, 1.807) is 17.3 Å². The molecule has 0 amide bonds. The second-order valence-corrected chi connectivity index (χ2v) is 5.08. The molecule has 0 saturated heterocycles. The lowest BCUT2D eigenvalue weighted by atomic mass is 10.1. The second-order valence-electron chi connectivity index (χ2n) is 5.08. The first-order valence-corrected chi connectivity index (χ1v) is 6.85. The van der Waals surface area contributed by atoms with Gasteiger partial charge in [0.05, 0.1) is 12.0 Å². The Kier molecular flexibility index (Phi) is 3.68. The van der Waals surface area contributed by atoms with Gasteiger partial charge in [-0.25, -0.2) is 4.68 Å². The van der Waals surface area contributed by atoms with Crippen LogP contribution in [0.25, 0.3) is 5.69 Å². The minimum absolute atomic E-state index is 0.287. The summed E-state index contributed by atoms with van der Waals surface area (Å²) < 4.78 is 7.03. The van der Waals surface area contributed by atoms with E-state index in [0.29, 0.717) is 0 Å². The van der Waals surface area contributed by atoms with Crippen LogP contribution in [0.3, 0.4) is 0 Å². The molecule has 2 heterocycles. The van der Waals surface area contributed by atoms with Gasteiger partial charge in [-0.3, -0.25) is 0 Å². The first-order valence-electron chi connectivity index (χ1n) is 6.85. The van der Waals surface area contributed by atoms with Crippen LogP contribution in [-0.4, -0.2) is 26.2 Å². The summed E-state index contributed by atoms with van der Waals surface area (Å²) >= 11 is 0. The van der Waals surface area contributed by atoms with Crippen molar-refractivity contribution in [3.63, 3.8) is 0 Å². The number of aryl methyl sites for hydroxylation is 1. The van der Waals surface area contributed by atoms with Gasteiger partial charge >= 0.3 is 0 Å². The van der Waals surface area contributed by atoms with E-state index in [0.717, 1.165) is 29.1 Å². The highest BCUT2D eigenvalue weighted by Gasteiger charge is 2.08. The van der Waals surface area contributed by atoms with Crippen LogP contribution in [0.4, 0.5) is 5.69 Å². The summed E-state index contributed by atoms with van der Waals surface area (Å²) in [5, 5.41) is 14.7. The Bertz CT molecular complexity index is 691. The van der Waals surface area contributed by atoms with E-state index in [-0.39, 0.29) is 6.04 Å². The maximum atomic E-state index is 5.37. The molecule has 6 nitrogen and oxygen atoms in total. The summed E-state index contributed by atoms with van der Waals surface area (Å²) in [6, 6.07) is 10.3. The number of rotatable bonds is 5. The van der Waals surface area contributed by atoms with E-state index < -0.39 is 0 Å². The van der Waals surface area contributed by atoms with Crippen molar-refractivity contribution in [1.82, 2.24) is 20.2 Å². The molecule has 0 fully saturated rings. The van der Waals surface area contributed by atoms with Gasteiger partial charge in [0, 0.05) is 18.2 Å². The molecule has 0 aliphatic rings.